The van der Waals surface area contributed by atoms with E-state index in [4.69, 9.17) is 9.47 Å². The van der Waals surface area contributed by atoms with Crippen molar-refractivity contribution < 1.29 is 49.1 Å². The summed E-state index contributed by atoms with van der Waals surface area (Å²) in [6, 6.07) is 8.20. The van der Waals surface area contributed by atoms with Gasteiger partial charge < -0.3 is 29.9 Å². The van der Waals surface area contributed by atoms with Crippen molar-refractivity contribution in [2.45, 2.75) is 13.1 Å². The maximum Gasteiger partial charge on any atom is 0.317 e. The third-order valence-electron chi connectivity index (χ3n) is 8.38. The molecule has 0 saturated carbocycles. The van der Waals surface area contributed by atoms with Crippen LogP contribution in [0.5, 0.6) is 0 Å². The van der Waals surface area contributed by atoms with Crippen molar-refractivity contribution in [2.24, 2.45) is 0 Å². The fourth-order valence-corrected chi connectivity index (χ4v) is 5.84. The van der Waals surface area contributed by atoms with Gasteiger partial charge >= 0.3 is 23.9 Å². The lowest BCUT2D eigenvalue weighted by molar-refractivity contribution is -0.140. The van der Waals surface area contributed by atoms with Crippen molar-refractivity contribution in [3.8, 4) is 0 Å². The Morgan fingerprint density at radius 1 is 0.458 bits per heavy atom. The quantitative estimate of drug-likeness (QED) is 0.208. The summed E-state index contributed by atoms with van der Waals surface area (Å²) in [6.07, 6.45) is 0. The Morgan fingerprint density at radius 3 is 1.00 bits per heavy atom. The molecular weight excluding hydrogens is 628 g/mol. The molecule has 0 unspecified atom stereocenters. The van der Waals surface area contributed by atoms with Crippen LogP contribution in [0.4, 0.5) is 0 Å². The molecule has 2 heterocycles. The maximum absolute atomic E-state index is 11.5. The summed E-state index contributed by atoms with van der Waals surface area (Å²) in [4.78, 5) is 57.8. The van der Waals surface area contributed by atoms with Crippen LogP contribution in [-0.2, 0) is 41.7 Å². The Hall–Kier alpha value is -3.22. The minimum absolute atomic E-state index is 0.0888. The molecule has 0 spiro atoms. The minimum Gasteiger partial charge on any atom is -0.480 e. The van der Waals surface area contributed by atoms with Crippen LogP contribution in [-0.4, -0.2) is 205 Å². The van der Waals surface area contributed by atoms with Crippen molar-refractivity contribution >= 4 is 23.9 Å². The molecule has 2 fully saturated rings. The first-order valence-corrected chi connectivity index (χ1v) is 16.5. The number of ether oxygens (including phenoxy) is 2. The summed E-state index contributed by atoms with van der Waals surface area (Å²) in [7, 11) is 0. The van der Waals surface area contributed by atoms with E-state index < -0.39 is 23.9 Å². The van der Waals surface area contributed by atoms with E-state index >= 15 is 0 Å². The molecule has 0 aromatic heterocycles. The molecule has 3 rings (SSSR count). The van der Waals surface area contributed by atoms with Crippen molar-refractivity contribution in [1.82, 2.24) is 29.4 Å². The SMILES string of the molecule is O=C(O)CN1CCOCCN(CC(=O)O)CCN(Cc2cccc(CN3CCN(CC(=O)O)CCOCCN(CC(=O)O)CC3)c2)CC1. The molecule has 270 valence electrons. The second-order valence-corrected chi connectivity index (χ2v) is 12.3. The molecule has 0 amide bonds. The Morgan fingerprint density at radius 2 is 0.729 bits per heavy atom. The number of rotatable bonds is 12. The second kappa shape index (κ2) is 21.7. The lowest BCUT2D eigenvalue weighted by Crippen LogP contribution is -2.44. The van der Waals surface area contributed by atoms with Crippen LogP contribution in [0.1, 0.15) is 11.1 Å². The van der Waals surface area contributed by atoms with Crippen molar-refractivity contribution in [1.29, 1.82) is 0 Å². The number of carbonyl (C=O) groups is 4. The zero-order valence-electron chi connectivity index (χ0n) is 27.8. The summed E-state index contributed by atoms with van der Waals surface area (Å²) < 4.78 is 11.3. The number of carboxylic acids is 4. The van der Waals surface area contributed by atoms with E-state index in [2.05, 4.69) is 15.9 Å². The van der Waals surface area contributed by atoms with Crippen molar-refractivity contribution in [3.05, 3.63) is 35.4 Å². The predicted molar refractivity (Wildman–Crippen MR) is 175 cm³/mol. The van der Waals surface area contributed by atoms with Gasteiger partial charge in [-0.2, -0.15) is 0 Å². The summed E-state index contributed by atoms with van der Waals surface area (Å²) in [6.45, 7) is 8.57. The molecule has 0 radical (unpaired) electrons. The van der Waals surface area contributed by atoms with Gasteiger partial charge in [0.05, 0.1) is 52.6 Å². The normalized spacial score (nSPS) is 20.5. The van der Waals surface area contributed by atoms with Crippen molar-refractivity contribution in [2.75, 3.05) is 131 Å². The number of aliphatic carboxylic acids is 4. The molecule has 0 aliphatic carbocycles. The van der Waals surface area contributed by atoms with Crippen LogP contribution >= 0.6 is 0 Å². The average molecular weight is 681 g/mol. The fraction of sp³-hybridized carbons (Fsp3) is 0.688. The first kappa shape index (κ1) is 39.2. The highest BCUT2D eigenvalue weighted by atomic mass is 16.5. The smallest absolute Gasteiger partial charge is 0.317 e. The standard InChI is InChI=1S/C32H52N6O10/c39-29(40)23-35-8-4-33(5-9-36(24-30(41)42)13-17-47-16-12-35)21-27-2-1-3-28(20-27)22-34-6-10-37(25-31(43)44)14-18-48-19-15-38(11-7-34)26-32(45)46/h1-3,20H,4-19,21-26H2,(H,39,40)(H,41,42)(H,43,44)(H,45,46). The van der Waals surface area contributed by atoms with Gasteiger partial charge in [-0.1, -0.05) is 24.3 Å². The van der Waals surface area contributed by atoms with E-state index in [9.17, 15) is 39.6 Å². The van der Waals surface area contributed by atoms with E-state index in [-0.39, 0.29) is 26.2 Å². The van der Waals surface area contributed by atoms with Gasteiger partial charge in [-0.15, -0.1) is 0 Å². The molecule has 0 atom stereocenters. The van der Waals surface area contributed by atoms with Gasteiger partial charge in [0.15, 0.2) is 0 Å². The summed E-state index contributed by atoms with van der Waals surface area (Å²) in [5.74, 6) is -3.61. The first-order valence-electron chi connectivity index (χ1n) is 16.5. The Kier molecular flexibility index (Phi) is 17.7. The molecule has 4 N–H and O–H groups in total. The third kappa shape index (κ3) is 16.7. The van der Waals surface area contributed by atoms with E-state index in [1.54, 1.807) is 0 Å². The van der Waals surface area contributed by atoms with Gasteiger partial charge in [-0.25, -0.2) is 0 Å². The molecule has 16 nitrogen and oxygen atoms in total. The van der Waals surface area contributed by atoms with Gasteiger partial charge in [0.1, 0.15) is 0 Å². The minimum atomic E-state index is -0.902. The second-order valence-electron chi connectivity index (χ2n) is 12.3. The van der Waals surface area contributed by atoms with Crippen LogP contribution in [0.2, 0.25) is 0 Å². The third-order valence-corrected chi connectivity index (χ3v) is 8.38. The molecule has 2 saturated heterocycles. The molecular formula is C32H52N6O10. The first-order chi connectivity index (χ1) is 23.0. The van der Waals surface area contributed by atoms with E-state index in [1.807, 2.05) is 37.8 Å². The molecule has 48 heavy (non-hydrogen) atoms. The lowest BCUT2D eigenvalue weighted by Gasteiger charge is -2.31. The van der Waals surface area contributed by atoms with Gasteiger partial charge in [0.25, 0.3) is 0 Å². The van der Waals surface area contributed by atoms with Gasteiger partial charge in [-0.3, -0.25) is 48.6 Å². The van der Waals surface area contributed by atoms with Gasteiger partial charge in [-0.05, 0) is 11.1 Å². The number of benzene rings is 1. The average Bonchev–Trinajstić information content (AvgIpc) is 3.00. The number of hydrogen-bond acceptors (Lipinski definition) is 12. The monoisotopic (exact) mass is 680 g/mol. The lowest BCUT2D eigenvalue weighted by atomic mass is 10.1. The summed E-state index contributed by atoms with van der Waals surface area (Å²) >= 11 is 0. The Bertz CT molecular complexity index is 1020. The zero-order valence-corrected chi connectivity index (χ0v) is 27.8. The van der Waals surface area contributed by atoms with E-state index in [0.29, 0.717) is 118 Å². The highest BCUT2D eigenvalue weighted by molar-refractivity contribution is 5.70. The molecule has 2 aliphatic heterocycles. The largest absolute Gasteiger partial charge is 0.480 e. The Labute approximate surface area is 282 Å². The maximum atomic E-state index is 11.5. The number of hydrogen-bond donors (Lipinski definition) is 4. The Balaban J connectivity index is 1.74. The zero-order chi connectivity index (χ0) is 34.7. The van der Waals surface area contributed by atoms with Crippen LogP contribution < -0.4 is 0 Å². The van der Waals surface area contributed by atoms with E-state index in [0.717, 1.165) is 11.1 Å². The molecule has 2 aliphatic rings. The molecule has 16 heteroatoms. The fourth-order valence-electron chi connectivity index (χ4n) is 5.84. The van der Waals surface area contributed by atoms with Crippen LogP contribution in [0, 0.1) is 0 Å². The molecule has 1 aromatic carbocycles. The van der Waals surface area contributed by atoms with Crippen LogP contribution in [0.15, 0.2) is 24.3 Å². The van der Waals surface area contributed by atoms with Crippen LogP contribution in [0.3, 0.4) is 0 Å². The summed E-state index contributed by atoms with van der Waals surface area (Å²) in [5.41, 5.74) is 2.12. The topological polar surface area (TPSA) is 187 Å². The highest BCUT2D eigenvalue weighted by Crippen LogP contribution is 2.13. The van der Waals surface area contributed by atoms with Gasteiger partial charge in [0, 0.05) is 91.6 Å². The van der Waals surface area contributed by atoms with Gasteiger partial charge in [0.2, 0.25) is 0 Å². The summed E-state index contributed by atoms with van der Waals surface area (Å²) in [5, 5.41) is 37.6. The number of nitrogens with zero attached hydrogens (tertiary/aromatic N) is 6. The highest BCUT2D eigenvalue weighted by Gasteiger charge is 2.19. The number of carboxylic acid groups (broad SMARTS) is 4. The van der Waals surface area contributed by atoms with E-state index in [1.165, 1.54) is 0 Å². The molecule has 0 bridgehead atoms. The van der Waals surface area contributed by atoms with Crippen LogP contribution in [0.25, 0.3) is 0 Å². The van der Waals surface area contributed by atoms with Crippen molar-refractivity contribution in [3.63, 3.8) is 0 Å². The molecule has 1 aromatic rings. The predicted octanol–water partition coefficient (Wildman–Crippen LogP) is -1.10.